The van der Waals surface area contributed by atoms with Gasteiger partial charge in [0.05, 0.1) is 16.9 Å². The maximum Gasteiger partial charge on any atom is 0.417 e. The lowest BCUT2D eigenvalue weighted by Gasteiger charge is -2.34. The Hall–Kier alpha value is -3.46. The van der Waals surface area contributed by atoms with Gasteiger partial charge in [-0.15, -0.1) is 11.3 Å². The second-order valence-corrected chi connectivity index (χ2v) is 9.72. The average molecular weight is 488 g/mol. The van der Waals surface area contributed by atoms with Gasteiger partial charge in [-0.05, 0) is 54.6 Å². The van der Waals surface area contributed by atoms with Crippen LogP contribution in [0, 0.1) is 6.92 Å². The van der Waals surface area contributed by atoms with Crippen LogP contribution in [0.3, 0.4) is 0 Å². The maximum atomic E-state index is 12.8. The van der Waals surface area contributed by atoms with Crippen LogP contribution in [0.15, 0.2) is 53.9 Å². The van der Waals surface area contributed by atoms with Crippen molar-refractivity contribution in [1.29, 1.82) is 0 Å². The van der Waals surface area contributed by atoms with Crippen molar-refractivity contribution in [2.45, 2.75) is 26.4 Å². The summed E-state index contributed by atoms with van der Waals surface area (Å²) in [5, 5.41) is 17.5. The summed E-state index contributed by atoms with van der Waals surface area (Å²) in [5.41, 5.74) is 5.51. The van der Waals surface area contributed by atoms with Gasteiger partial charge < -0.3 is 10.1 Å². The summed E-state index contributed by atoms with van der Waals surface area (Å²) in [6, 6.07) is 16.6. The van der Waals surface area contributed by atoms with Crippen LogP contribution in [0.2, 0.25) is 0 Å². The number of benzene rings is 2. The molecule has 2 aromatic heterocycles. The van der Waals surface area contributed by atoms with E-state index in [0.717, 1.165) is 59.5 Å². The van der Waals surface area contributed by atoms with Gasteiger partial charge in [0.2, 0.25) is 0 Å². The zero-order chi connectivity index (χ0) is 24.2. The molecule has 0 unspecified atom stereocenters. The number of rotatable bonds is 6. The highest BCUT2D eigenvalue weighted by Crippen LogP contribution is 2.27. The first kappa shape index (κ1) is 23.3. The number of aromatic amines is 1. The number of aromatic nitrogens is 2. The molecule has 1 fully saturated rings. The number of amides is 1. The first-order valence-corrected chi connectivity index (χ1v) is 12.7. The highest BCUT2D eigenvalue weighted by Gasteiger charge is 2.19. The van der Waals surface area contributed by atoms with Crippen molar-refractivity contribution in [3.05, 3.63) is 76.3 Å². The lowest BCUT2D eigenvalue weighted by Crippen LogP contribution is -2.49. The van der Waals surface area contributed by atoms with Gasteiger partial charge in [-0.25, -0.2) is 4.79 Å². The fourth-order valence-corrected chi connectivity index (χ4v) is 5.04. The monoisotopic (exact) mass is 487 g/mol. The highest BCUT2D eigenvalue weighted by atomic mass is 32.1. The molecule has 0 radical (unpaired) electrons. The van der Waals surface area contributed by atoms with Gasteiger partial charge in [0, 0.05) is 43.2 Å². The second kappa shape index (κ2) is 10.4. The fourth-order valence-electron chi connectivity index (χ4n) is 4.27. The molecule has 35 heavy (non-hydrogen) atoms. The predicted octanol–water partition coefficient (Wildman–Crippen LogP) is 5.51. The van der Waals surface area contributed by atoms with Crippen molar-refractivity contribution in [2.75, 3.05) is 25.0 Å². The molecule has 0 spiro atoms. The van der Waals surface area contributed by atoms with E-state index in [-0.39, 0.29) is 0 Å². The largest absolute Gasteiger partial charge is 0.417 e. The number of nitrogens with zero attached hydrogens (tertiary/aromatic N) is 2. The normalized spacial score (nSPS) is 16.7. The molecule has 7 nitrogen and oxygen atoms in total. The Balaban J connectivity index is 1.41. The summed E-state index contributed by atoms with van der Waals surface area (Å²) < 4.78 is 5.57. The number of hydrogen-bond donors (Lipinski definition) is 3. The third-order valence-electron chi connectivity index (χ3n) is 6.30. The number of H-pyrrole nitrogens is 1. The van der Waals surface area contributed by atoms with E-state index in [9.17, 15) is 4.79 Å². The van der Waals surface area contributed by atoms with Crippen molar-refractivity contribution in [3.63, 3.8) is 0 Å². The van der Waals surface area contributed by atoms with Gasteiger partial charge in [0.15, 0.2) is 5.06 Å². The van der Waals surface area contributed by atoms with E-state index >= 15 is 0 Å². The molecule has 4 aromatic rings. The standard InChI is InChI=1S/C27H29N5O2S/c1-18-11-14-35-26(18)34-27(33)29-25-15-20(17-32-13-12-28-16-19(32)2)7-8-21(25)9-10-24-22-5-3-4-6-23(22)30-31-24/h3-11,14-15,19,28H,12-13,16-17H2,1-2H3,(H,29,33)(H,30,31)/b10-9+/t19-/m1/s1. The number of anilines is 1. The minimum absolute atomic E-state index is 0.458. The number of ether oxygens (including phenoxy) is 1. The molecular weight excluding hydrogens is 458 g/mol. The van der Waals surface area contributed by atoms with E-state index in [1.54, 1.807) is 0 Å². The van der Waals surface area contributed by atoms with Crippen molar-refractivity contribution in [2.24, 2.45) is 0 Å². The molecule has 2 aromatic carbocycles. The molecule has 0 saturated carbocycles. The summed E-state index contributed by atoms with van der Waals surface area (Å²) >= 11 is 1.41. The molecule has 0 aliphatic carbocycles. The Morgan fingerprint density at radius 2 is 2.14 bits per heavy atom. The average Bonchev–Trinajstić information content (AvgIpc) is 3.46. The number of carbonyl (C=O) groups excluding carboxylic acids is 1. The van der Waals surface area contributed by atoms with Crippen LogP contribution in [0.5, 0.6) is 5.06 Å². The Morgan fingerprint density at radius 1 is 1.26 bits per heavy atom. The SMILES string of the molecule is Cc1ccsc1OC(=O)Nc1cc(CN2CCNC[C@H]2C)ccc1/C=C/c1n[nH]c2ccccc12. The predicted molar refractivity (Wildman–Crippen MR) is 143 cm³/mol. The molecule has 1 amide bonds. The molecular formula is C27H29N5O2S. The summed E-state index contributed by atoms with van der Waals surface area (Å²) in [7, 11) is 0. The number of hydrogen-bond acceptors (Lipinski definition) is 6. The molecule has 180 valence electrons. The summed E-state index contributed by atoms with van der Waals surface area (Å²) in [4.78, 5) is 15.2. The van der Waals surface area contributed by atoms with E-state index in [1.165, 1.54) is 11.3 Å². The third kappa shape index (κ3) is 5.45. The van der Waals surface area contributed by atoms with Crippen LogP contribution in [-0.2, 0) is 6.54 Å². The van der Waals surface area contributed by atoms with Crippen LogP contribution >= 0.6 is 11.3 Å². The summed E-state index contributed by atoms with van der Waals surface area (Å²) in [6.07, 6.45) is 3.45. The quantitative estimate of drug-likeness (QED) is 0.334. The lowest BCUT2D eigenvalue weighted by atomic mass is 10.1. The van der Waals surface area contributed by atoms with Gasteiger partial charge >= 0.3 is 6.09 Å². The summed E-state index contributed by atoms with van der Waals surface area (Å²) in [6.45, 7) is 7.95. The molecule has 1 aliphatic heterocycles. The molecule has 1 aliphatic rings. The van der Waals surface area contributed by atoms with Gasteiger partial charge in [-0.3, -0.25) is 15.3 Å². The lowest BCUT2D eigenvalue weighted by molar-refractivity contribution is 0.165. The van der Waals surface area contributed by atoms with Gasteiger partial charge in [0.25, 0.3) is 0 Å². The number of nitrogens with one attached hydrogen (secondary N) is 3. The van der Waals surface area contributed by atoms with Gasteiger partial charge in [-0.1, -0.05) is 36.4 Å². The van der Waals surface area contributed by atoms with Crippen molar-refractivity contribution >= 4 is 46.2 Å². The Labute approximate surface area is 208 Å². The van der Waals surface area contributed by atoms with E-state index < -0.39 is 6.09 Å². The van der Waals surface area contributed by atoms with Crippen LogP contribution in [0.4, 0.5) is 10.5 Å². The first-order valence-electron chi connectivity index (χ1n) is 11.8. The van der Waals surface area contributed by atoms with Crippen LogP contribution in [-0.4, -0.2) is 46.9 Å². The molecule has 1 saturated heterocycles. The van der Waals surface area contributed by atoms with Gasteiger partial charge in [-0.2, -0.15) is 5.10 Å². The molecule has 8 heteroatoms. The van der Waals surface area contributed by atoms with Crippen molar-refractivity contribution < 1.29 is 9.53 Å². The number of carbonyl (C=O) groups is 1. The van der Waals surface area contributed by atoms with Crippen LogP contribution in [0.1, 0.15) is 29.3 Å². The minimum atomic E-state index is -0.497. The van der Waals surface area contributed by atoms with Crippen molar-refractivity contribution in [3.8, 4) is 5.06 Å². The zero-order valence-electron chi connectivity index (χ0n) is 19.9. The Bertz CT molecular complexity index is 1360. The second-order valence-electron chi connectivity index (χ2n) is 8.84. The van der Waals surface area contributed by atoms with E-state index in [0.29, 0.717) is 16.8 Å². The van der Waals surface area contributed by atoms with Gasteiger partial charge in [0.1, 0.15) is 0 Å². The smallest absolute Gasteiger partial charge is 0.399 e. The zero-order valence-corrected chi connectivity index (χ0v) is 20.7. The molecule has 3 heterocycles. The van der Waals surface area contributed by atoms with E-state index in [1.807, 2.05) is 66.9 Å². The Kier molecular flexibility index (Phi) is 6.94. The number of aryl methyl sites for hydroxylation is 1. The van der Waals surface area contributed by atoms with E-state index in [4.69, 9.17) is 4.74 Å². The van der Waals surface area contributed by atoms with E-state index in [2.05, 4.69) is 38.7 Å². The maximum absolute atomic E-state index is 12.8. The molecule has 1 atom stereocenters. The molecule has 5 rings (SSSR count). The number of piperazine rings is 1. The topological polar surface area (TPSA) is 82.3 Å². The molecule has 0 bridgehead atoms. The summed E-state index contributed by atoms with van der Waals surface area (Å²) in [5.74, 6) is 0. The fraction of sp³-hybridized carbons (Fsp3) is 0.259. The number of para-hydroxylation sites is 1. The van der Waals surface area contributed by atoms with Crippen LogP contribution < -0.4 is 15.4 Å². The first-order chi connectivity index (χ1) is 17.1. The minimum Gasteiger partial charge on any atom is -0.399 e. The van der Waals surface area contributed by atoms with Crippen molar-refractivity contribution in [1.82, 2.24) is 20.4 Å². The van der Waals surface area contributed by atoms with Crippen LogP contribution in [0.25, 0.3) is 23.1 Å². The molecule has 3 N–H and O–H groups in total. The highest BCUT2D eigenvalue weighted by molar-refractivity contribution is 7.12. The number of thiophene rings is 1. The Morgan fingerprint density at radius 3 is 2.97 bits per heavy atom. The number of fused-ring (bicyclic) bond motifs is 1. The third-order valence-corrected chi connectivity index (χ3v) is 7.19.